The third-order valence-corrected chi connectivity index (χ3v) is 10.8. The Balaban J connectivity index is 1.52. The normalized spacial score (nSPS) is 26.2. The molecule has 3 aliphatic heterocycles. The summed E-state index contributed by atoms with van der Waals surface area (Å²) in [6.07, 6.45) is 2.35. The first-order valence-electron chi connectivity index (χ1n) is 16.6. The number of para-hydroxylation sites is 1. The fourth-order valence-electron chi connectivity index (χ4n) is 7.68. The molecule has 50 heavy (non-hydrogen) atoms. The van der Waals surface area contributed by atoms with Crippen molar-refractivity contribution in [2.75, 3.05) is 38.3 Å². The van der Waals surface area contributed by atoms with Crippen molar-refractivity contribution in [1.82, 2.24) is 10.2 Å². The molecule has 3 amide bonds. The number of allylic oxidation sites excluding steroid dienone is 1. The number of fused-ring (bicyclic) bond motifs is 1. The number of carbonyl (C=O) groups is 4. The van der Waals surface area contributed by atoms with E-state index in [9.17, 15) is 24.3 Å². The molecule has 1 spiro atoms. The minimum absolute atomic E-state index is 0.0338. The largest absolute Gasteiger partial charge is 0.455 e. The van der Waals surface area contributed by atoms with Crippen LogP contribution in [0, 0.1) is 18.8 Å². The summed E-state index contributed by atoms with van der Waals surface area (Å²) >= 11 is 10.3. The summed E-state index contributed by atoms with van der Waals surface area (Å²) in [7, 11) is 1.49. The molecule has 0 aromatic heterocycles. The number of benzene rings is 2. The highest BCUT2D eigenvalue weighted by atomic mass is 79.9. The summed E-state index contributed by atoms with van der Waals surface area (Å²) in [5.74, 6) is -4.11. The molecule has 2 aromatic carbocycles. The summed E-state index contributed by atoms with van der Waals surface area (Å²) in [5.41, 5.74) is 0.418. The lowest BCUT2D eigenvalue weighted by atomic mass is 9.70. The van der Waals surface area contributed by atoms with Crippen LogP contribution in [0.3, 0.4) is 0 Å². The maximum Gasteiger partial charge on any atom is 0.313 e. The molecule has 0 radical (unpaired) electrons. The van der Waals surface area contributed by atoms with E-state index < -0.39 is 70.9 Å². The molecule has 2 aromatic rings. The average molecular weight is 773 g/mol. The number of anilines is 1. The molecule has 3 aliphatic rings. The highest BCUT2D eigenvalue weighted by molar-refractivity contribution is 9.09. The second kappa shape index (κ2) is 16.2. The maximum atomic E-state index is 14.8. The molecule has 11 nitrogen and oxygen atoms in total. The maximum absolute atomic E-state index is 14.8. The highest BCUT2D eigenvalue weighted by Gasteiger charge is 2.77. The highest BCUT2D eigenvalue weighted by Crippen LogP contribution is 2.60. The number of likely N-dealkylation sites (tertiary alicyclic amines) is 1. The molecule has 0 saturated carbocycles. The Kier molecular flexibility index (Phi) is 12.2. The molecule has 2 N–H and O–H groups in total. The topological polar surface area (TPSA) is 135 Å². The Morgan fingerprint density at radius 1 is 1.20 bits per heavy atom. The number of hydrogen-bond acceptors (Lipinski definition) is 8. The van der Waals surface area contributed by atoms with Crippen LogP contribution >= 0.6 is 27.5 Å². The van der Waals surface area contributed by atoms with E-state index in [4.69, 9.17) is 25.8 Å². The minimum atomic E-state index is -1.41. The summed E-state index contributed by atoms with van der Waals surface area (Å²) in [4.78, 5) is 58.9. The predicted octanol–water partition coefficient (Wildman–Crippen LogP) is 4.29. The van der Waals surface area contributed by atoms with Crippen LogP contribution in [0.25, 0.3) is 0 Å². The van der Waals surface area contributed by atoms with E-state index in [1.165, 1.54) is 16.9 Å². The zero-order chi connectivity index (χ0) is 36.2. The number of nitrogens with zero attached hydrogens (tertiary/aromatic N) is 2. The third kappa shape index (κ3) is 7.01. The molecular weight excluding hydrogens is 730 g/mol. The summed E-state index contributed by atoms with van der Waals surface area (Å²) in [6, 6.07) is 12.3. The van der Waals surface area contributed by atoms with Crippen molar-refractivity contribution in [3.63, 3.8) is 0 Å². The number of methoxy groups -OCH3 is 1. The van der Waals surface area contributed by atoms with Crippen molar-refractivity contribution in [2.24, 2.45) is 11.8 Å². The van der Waals surface area contributed by atoms with Gasteiger partial charge in [0.25, 0.3) is 5.91 Å². The van der Waals surface area contributed by atoms with Gasteiger partial charge in [-0.15, -0.1) is 13.2 Å². The first-order chi connectivity index (χ1) is 24.0. The van der Waals surface area contributed by atoms with Crippen LogP contribution in [0.4, 0.5) is 5.69 Å². The summed E-state index contributed by atoms with van der Waals surface area (Å²) in [5, 5.41) is 13.4. The SMILES string of the molecule is C=CCCC(=O)N[C@H](COC)[C@H](OC(=O)[C@H]1[C@@H]2O[C@@]3(CC2Br)[C@@H]1C(=O)N(CCO)[C@@H]3C(=O)N(CC=C)c1c(C)cccc1Cl)c1ccccc1. The molecule has 3 heterocycles. The van der Waals surface area contributed by atoms with E-state index in [1.54, 1.807) is 48.6 Å². The number of halogens is 2. The van der Waals surface area contributed by atoms with Crippen LogP contribution in [0.1, 0.15) is 36.5 Å². The van der Waals surface area contributed by atoms with E-state index in [0.717, 1.165) is 5.56 Å². The number of aryl methyl sites for hydroxylation is 1. The first-order valence-corrected chi connectivity index (χ1v) is 17.9. The number of ether oxygens (including phenoxy) is 3. The van der Waals surface area contributed by atoms with Gasteiger partial charge in [0.15, 0.2) is 0 Å². The van der Waals surface area contributed by atoms with E-state index in [0.29, 0.717) is 22.7 Å². The molecule has 5 rings (SSSR count). The van der Waals surface area contributed by atoms with Crippen molar-refractivity contribution in [2.45, 2.75) is 60.9 Å². The molecule has 1 unspecified atom stereocenters. The summed E-state index contributed by atoms with van der Waals surface area (Å²) in [6.45, 7) is 8.90. The standard InChI is InChI=1S/C37H43BrClN3O8/c1-5-7-16-27(44)40-26(21-48-4)31(23-13-9-8-10-14-23)49-36(47)28-29-34(45)42(18-19-43)33(37(29)20-24(38)32(28)50-37)35(46)41(17-6-2)30-22(3)12-11-15-25(30)39/h5-6,8-15,24,26,28-29,31-33,43H,1-2,7,16-21H2,3-4H3,(H,40,44)/t24?,26-,28-,29+,31-,32-,33-,37+/m1/s1. The zero-order valence-corrected chi connectivity index (χ0v) is 30.5. The van der Waals surface area contributed by atoms with Gasteiger partial charge in [-0.2, -0.15) is 0 Å². The molecular formula is C37H43BrClN3O8. The number of β-amino-alcohol motifs (C(OH)–C–C–N with tert-alkyl or cyclic N) is 1. The Hall–Kier alpha value is -3.55. The van der Waals surface area contributed by atoms with Gasteiger partial charge in [-0.05, 0) is 37.0 Å². The molecule has 8 atom stereocenters. The lowest BCUT2D eigenvalue weighted by molar-refractivity contribution is -0.163. The molecule has 268 valence electrons. The van der Waals surface area contributed by atoms with Crippen molar-refractivity contribution in [1.29, 1.82) is 0 Å². The lowest BCUT2D eigenvalue weighted by Crippen LogP contribution is -2.57. The fourth-order valence-corrected chi connectivity index (χ4v) is 8.95. The van der Waals surface area contributed by atoms with E-state index in [1.807, 2.05) is 19.1 Å². The monoisotopic (exact) mass is 771 g/mol. The number of esters is 1. The molecule has 13 heteroatoms. The van der Waals surface area contributed by atoms with Crippen molar-refractivity contribution >= 4 is 56.9 Å². The second-order valence-corrected chi connectivity index (χ2v) is 14.4. The number of alkyl halides is 1. The summed E-state index contributed by atoms with van der Waals surface area (Å²) < 4.78 is 18.4. The van der Waals surface area contributed by atoms with E-state index in [2.05, 4.69) is 34.4 Å². The Labute approximate surface area is 305 Å². The van der Waals surface area contributed by atoms with E-state index >= 15 is 0 Å². The Bertz CT molecular complexity index is 1590. The van der Waals surface area contributed by atoms with Crippen molar-refractivity contribution in [3.05, 3.63) is 90.0 Å². The van der Waals surface area contributed by atoms with Crippen molar-refractivity contribution in [3.8, 4) is 0 Å². The van der Waals surface area contributed by atoms with Gasteiger partial charge in [-0.1, -0.05) is 82.1 Å². The van der Waals surface area contributed by atoms with Crippen LogP contribution in [-0.2, 0) is 33.4 Å². The number of hydrogen-bond donors (Lipinski definition) is 2. The van der Waals surface area contributed by atoms with Gasteiger partial charge in [0, 0.05) is 31.4 Å². The molecule has 3 fully saturated rings. The Morgan fingerprint density at radius 2 is 1.94 bits per heavy atom. The number of amides is 3. The first kappa shape index (κ1) is 37.7. The van der Waals surface area contributed by atoms with E-state index in [-0.39, 0.29) is 38.4 Å². The van der Waals surface area contributed by atoms with Gasteiger partial charge in [0.2, 0.25) is 11.8 Å². The van der Waals surface area contributed by atoms with Gasteiger partial charge >= 0.3 is 5.97 Å². The molecule has 0 aliphatic carbocycles. The number of nitrogens with one attached hydrogen (secondary N) is 1. The minimum Gasteiger partial charge on any atom is -0.455 e. The van der Waals surface area contributed by atoms with Gasteiger partial charge in [0.1, 0.15) is 17.7 Å². The van der Waals surface area contributed by atoms with Gasteiger partial charge in [0.05, 0.1) is 47.9 Å². The van der Waals surface area contributed by atoms with Crippen LogP contribution in [-0.4, -0.2) is 95.7 Å². The predicted molar refractivity (Wildman–Crippen MR) is 192 cm³/mol. The fraction of sp³-hybridized carbons (Fsp3) is 0.459. The second-order valence-electron chi connectivity index (χ2n) is 12.8. The molecule has 3 saturated heterocycles. The molecule has 2 bridgehead atoms. The van der Waals surface area contributed by atoms with Gasteiger partial charge in [-0.3, -0.25) is 19.2 Å². The van der Waals surface area contributed by atoms with Crippen LogP contribution in [0.2, 0.25) is 5.02 Å². The smallest absolute Gasteiger partial charge is 0.313 e. The quantitative estimate of drug-likeness (QED) is 0.147. The number of carbonyl (C=O) groups excluding carboxylic acids is 4. The van der Waals surface area contributed by atoms with Crippen LogP contribution in [0.5, 0.6) is 0 Å². The van der Waals surface area contributed by atoms with Crippen molar-refractivity contribution < 1.29 is 38.5 Å². The number of aliphatic hydroxyl groups excluding tert-OH is 1. The zero-order valence-electron chi connectivity index (χ0n) is 28.1. The van der Waals surface area contributed by atoms with Crippen LogP contribution in [0.15, 0.2) is 73.8 Å². The van der Waals surface area contributed by atoms with Gasteiger partial charge < -0.3 is 34.4 Å². The average Bonchev–Trinajstić information content (AvgIpc) is 3.69. The Morgan fingerprint density at radius 3 is 2.58 bits per heavy atom. The third-order valence-electron chi connectivity index (χ3n) is 9.68. The van der Waals surface area contributed by atoms with Crippen LogP contribution < -0.4 is 10.2 Å². The van der Waals surface area contributed by atoms with Gasteiger partial charge in [-0.25, -0.2) is 0 Å². The lowest BCUT2D eigenvalue weighted by Gasteiger charge is -2.37. The number of rotatable bonds is 16. The number of aliphatic hydroxyl groups is 1.